The van der Waals surface area contributed by atoms with Crippen molar-refractivity contribution >= 4 is 16.0 Å². The summed E-state index contributed by atoms with van der Waals surface area (Å²) in [5.41, 5.74) is 0. The van der Waals surface area contributed by atoms with E-state index >= 15 is 0 Å². The van der Waals surface area contributed by atoms with Gasteiger partial charge >= 0.3 is 5.97 Å². The van der Waals surface area contributed by atoms with Gasteiger partial charge in [-0.15, -0.1) is 0 Å². The van der Waals surface area contributed by atoms with Crippen LogP contribution in [0, 0.1) is 0 Å². The van der Waals surface area contributed by atoms with Gasteiger partial charge in [-0.1, -0.05) is 6.42 Å². The summed E-state index contributed by atoms with van der Waals surface area (Å²) in [5.74, 6) is -0.330. The number of nitrogens with one attached hydrogen (secondary N) is 1. The Morgan fingerprint density at radius 2 is 2.15 bits per heavy atom. The van der Waals surface area contributed by atoms with Gasteiger partial charge in [0, 0.05) is 19.0 Å². The van der Waals surface area contributed by atoms with Gasteiger partial charge in [-0.2, -0.15) is 4.31 Å². The molecular weight excluding hydrogens is 280 g/mol. The minimum atomic E-state index is -3.27. The van der Waals surface area contributed by atoms with E-state index in [1.54, 1.807) is 4.31 Å². The molecule has 0 aromatic carbocycles. The number of carbonyl (C=O) groups is 1. The van der Waals surface area contributed by atoms with E-state index in [1.165, 1.54) is 7.11 Å². The molecule has 1 fully saturated rings. The molecule has 118 valence electrons. The molecule has 1 aliphatic rings. The summed E-state index contributed by atoms with van der Waals surface area (Å²) in [4.78, 5) is 11.0. The number of sulfonamides is 1. The summed E-state index contributed by atoms with van der Waals surface area (Å²) in [6, 6.07) is 0.0966. The maximum atomic E-state index is 12.4. The molecule has 0 radical (unpaired) electrons. The number of hydrogen-bond acceptors (Lipinski definition) is 5. The zero-order valence-corrected chi connectivity index (χ0v) is 13.2. The monoisotopic (exact) mass is 306 g/mol. The lowest BCUT2D eigenvalue weighted by Gasteiger charge is -2.34. The van der Waals surface area contributed by atoms with Crippen LogP contribution in [0.1, 0.15) is 38.5 Å². The predicted octanol–water partition coefficient (Wildman–Crippen LogP) is 0.733. The van der Waals surface area contributed by atoms with Gasteiger partial charge in [0.25, 0.3) is 0 Å². The SMILES string of the molecule is CNCCC1CCCCN1S(=O)(=O)CCCC(=O)OC. The molecule has 0 amide bonds. The van der Waals surface area contributed by atoms with Crippen LogP contribution in [0.5, 0.6) is 0 Å². The average molecular weight is 306 g/mol. The lowest BCUT2D eigenvalue weighted by Crippen LogP contribution is -2.45. The maximum absolute atomic E-state index is 12.4. The van der Waals surface area contributed by atoms with Crippen molar-refractivity contribution in [3.63, 3.8) is 0 Å². The Bertz CT molecular complexity index is 397. The normalized spacial score (nSPS) is 20.8. The number of carbonyl (C=O) groups excluding carboxylic acids is 1. The third-order valence-corrected chi connectivity index (χ3v) is 5.67. The van der Waals surface area contributed by atoms with E-state index in [0.717, 1.165) is 32.2 Å². The van der Waals surface area contributed by atoms with Crippen molar-refractivity contribution in [3.8, 4) is 0 Å². The number of methoxy groups -OCH3 is 1. The molecule has 6 nitrogen and oxygen atoms in total. The van der Waals surface area contributed by atoms with Crippen LogP contribution in [-0.4, -0.2) is 57.7 Å². The molecule has 1 unspecified atom stereocenters. The van der Waals surface area contributed by atoms with Gasteiger partial charge < -0.3 is 10.1 Å². The first-order valence-electron chi connectivity index (χ1n) is 7.22. The van der Waals surface area contributed by atoms with Crippen LogP contribution in [0.2, 0.25) is 0 Å². The first-order chi connectivity index (χ1) is 9.51. The smallest absolute Gasteiger partial charge is 0.305 e. The Hall–Kier alpha value is -0.660. The zero-order valence-electron chi connectivity index (χ0n) is 12.4. The molecule has 1 N–H and O–H groups in total. The van der Waals surface area contributed by atoms with Crippen LogP contribution in [-0.2, 0) is 19.6 Å². The number of esters is 1. The van der Waals surface area contributed by atoms with Crippen molar-refractivity contribution in [1.29, 1.82) is 0 Å². The predicted molar refractivity (Wildman–Crippen MR) is 77.9 cm³/mol. The van der Waals surface area contributed by atoms with Crippen LogP contribution in [0.3, 0.4) is 0 Å². The second-order valence-corrected chi connectivity index (χ2v) is 7.19. The molecule has 7 heteroatoms. The van der Waals surface area contributed by atoms with E-state index < -0.39 is 10.0 Å². The minimum Gasteiger partial charge on any atom is -0.469 e. The zero-order chi connectivity index (χ0) is 15.0. The Morgan fingerprint density at radius 3 is 2.80 bits per heavy atom. The Balaban J connectivity index is 2.55. The Labute approximate surface area is 121 Å². The highest BCUT2D eigenvalue weighted by Gasteiger charge is 2.31. The Morgan fingerprint density at radius 1 is 1.40 bits per heavy atom. The molecule has 0 spiro atoms. The third kappa shape index (κ3) is 5.38. The van der Waals surface area contributed by atoms with Gasteiger partial charge in [-0.05, 0) is 39.3 Å². The molecule has 1 rings (SSSR count). The molecule has 0 saturated carbocycles. The molecule has 0 aromatic heterocycles. The van der Waals surface area contributed by atoms with E-state index in [1.807, 2.05) is 7.05 Å². The molecule has 1 aliphatic heterocycles. The van der Waals surface area contributed by atoms with Gasteiger partial charge in [0.05, 0.1) is 12.9 Å². The van der Waals surface area contributed by atoms with E-state index in [-0.39, 0.29) is 24.2 Å². The molecule has 1 atom stereocenters. The van der Waals surface area contributed by atoms with Gasteiger partial charge in [0.15, 0.2) is 0 Å². The van der Waals surface area contributed by atoms with Crippen LogP contribution in [0.15, 0.2) is 0 Å². The fourth-order valence-electron chi connectivity index (χ4n) is 2.56. The summed E-state index contributed by atoms with van der Waals surface area (Å²) >= 11 is 0. The Kier molecular flexibility index (Phi) is 7.47. The van der Waals surface area contributed by atoms with Crippen LogP contribution in [0.4, 0.5) is 0 Å². The highest BCUT2D eigenvalue weighted by molar-refractivity contribution is 7.89. The van der Waals surface area contributed by atoms with E-state index in [2.05, 4.69) is 10.1 Å². The summed E-state index contributed by atoms with van der Waals surface area (Å²) in [7, 11) is -0.0813. The third-order valence-electron chi connectivity index (χ3n) is 3.67. The van der Waals surface area contributed by atoms with Crippen molar-refractivity contribution < 1.29 is 17.9 Å². The summed E-state index contributed by atoms with van der Waals surface area (Å²) in [6.07, 6.45) is 4.26. The largest absolute Gasteiger partial charge is 0.469 e. The number of ether oxygens (including phenoxy) is 1. The summed E-state index contributed by atoms with van der Waals surface area (Å²) < 4.78 is 30.9. The molecule has 1 heterocycles. The fraction of sp³-hybridized carbons (Fsp3) is 0.923. The van der Waals surface area contributed by atoms with Crippen molar-refractivity contribution in [1.82, 2.24) is 9.62 Å². The first kappa shape index (κ1) is 17.4. The number of nitrogens with zero attached hydrogens (tertiary/aromatic N) is 1. The van der Waals surface area contributed by atoms with Gasteiger partial charge in [0.1, 0.15) is 0 Å². The standard InChI is InChI=1S/C13H26N2O4S/c1-14-9-8-12-6-3-4-10-15(12)20(17,18)11-5-7-13(16)19-2/h12,14H,3-11H2,1-2H3. The molecule has 0 bridgehead atoms. The van der Waals surface area contributed by atoms with Crippen molar-refractivity contribution in [2.45, 2.75) is 44.6 Å². The maximum Gasteiger partial charge on any atom is 0.305 e. The molecule has 20 heavy (non-hydrogen) atoms. The minimum absolute atomic E-state index is 0.0259. The number of rotatable bonds is 8. The van der Waals surface area contributed by atoms with E-state index in [0.29, 0.717) is 13.0 Å². The van der Waals surface area contributed by atoms with Crippen LogP contribution in [0.25, 0.3) is 0 Å². The number of piperidine rings is 1. The summed E-state index contributed by atoms with van der Waals surface area (Å²) in [5, 5.41) is 3.07. The molecular formula is C13H26N2O4S. The molecule has 0 aliphatic carbocycles. The lowest BCUT2D eigenvalue weighted by molar-refractivity contribution is -0.140. The van der Waals surface area contributed by atoms with Gasteiger partial charge in [0.2, 0.25) is 10.0 Å². The number of hydrogen-bond donors (Lipinski definition) is 1. The average Bonchev–Trinajstić information content (AvgIpc) is 2.45. The lowest BCUT2D eigenvalue weighted by atomic mass is 10.0. The quantitative estimate of drug-likeness (QED) is 0.669. The van der Waals surface area contributed by atoms with E-state index in [4.69, 9.17) is 0 Å². The van der Waals surface area contributed by atoms with Crippen LogP contribution < -0.4 is 5.32 Å². The van der Waals surface area contributed by atoms with Crippen molar-refractivity contribution in [2.24, 2.45) is 0 Å². The molecule has 1 saturated heterocycles. The fourth-order valence-corrected chi connectivity index (χ4v) is 4.37. The highest BCUT2D eigenvalue weighted by atomic mass is 32.2. The summed E-state index contributed by atoms with van der Waals surface area (Å²) in [6.45, 7) is 1.42. The first-order valence-corrected chi connectivity index (χ1v) is 8.83. The highest BCUT2D eigenvalue weighted by Crippen LogP contribution is 2.23. The van der Waals surface area contributed by atoms with Gasteiger partial charge in [-0.25, -0.2) is 8.42 Å². The second-order valence-electron chi connectivity index (χ2n) is 5.15. The topological polar surface area (TPSA) is 75.7 Å². The van der Waals surface area contributed by atoms with Crippen molar-refractivity contribution in [3.05, 3.63) is 0 Å². The van der Waals surface area contributed by atoms with Gasteiger partial charge in [-0.3, -0.25) is 4.79 Å². The molecule has 0 aromatic rings. The van der Waals surface area contributed by atoms with Crippen molar-refractivity contribution in [2.75, 3.05) is 33.0 Å². The van der Waals surface area contributed by atoms with Crippen LogP contribution >= 0.6 is 0 Å². The second kappa shape index (κ2) is 8.59. The van der Waals surface area contributed by atoms with E-state index in [9.17, 15) is 13.2 Å².